The van der Waals surface area contributed by atoms with E-state index in [2.05, 4.69) is 0 Å². The minimum absolute atomic E-state index is 0.0307. The molecule has 0 fully saturated rings. The van der Waals surface area contributed by atoms with E-state index in [0.29, 0.717) is 12.4 Å². The first-order valence-electron chi connectivity index (χ1n) is 5.38. The van der Waals surface area contributed by atoms with Crippen molar-refractivity contribution in [3.63, 3.8) is 0 Å². The van der Waals surface area contributed by atoms with Crippen LogP contribution < -0.4 is 4.74 Å². The molecule has 2 aromatic carbocycles. The molecule has 20 heavy (non-hydrogen) atoms. The molecule has 0 N–H and O–H groups in total. The summed E-state index contributed by atoms with van der Waals surface area (Å²) in [6.45, 7) is 0. The predicted molar refractivity (Wildman–Crippen MR) is 64.9 cm³/mol. The van der Waals surface area contributed by atoms with Crippen molar-refractivity contribution in [1.29, 1.82) is 0 Å². The third kappa shape index (κ3) is 2.77. The van der Waals surface area contributed by atoms with E-state index >= 15 is 0 Å². The molecule has 0 heterocycles. The number of rotatable bonds is 4. The highest BCUT2D eigenvalue weighted by molar-refractivity contribution is 5.82. The highest BCUT2D eigenvalue weighted by Gasteiger charge is 2.15. The molecule has 0 spiro atoms. The quantitative estimate of drug-likeness (QED) is 0.488. The van der Waals surface area contributed by atoms with Gasteiger partial charge in [-0.25, -0.2) is 8.78 Å². The standard InChI is InChI=1S/C13H7F2NO4/c14-9-1-4-13(11(15)6-9)20-10-2-3-12(16(18)19)8(5-10)7-17/h1-7H. The van der Waals surface area contributed by atoms with Crippen LogP contribution in [0.1, 0.15) is 10.4 Å². The van der Waals surface area contributed by atoms with Gasteiger partial charge in [-0.1, -0.05) is 0 Å². The zero-order valence-electron chi connectivity index (χ0n) is 9.88. The molecule has 7 heteroatoms. The van der Waals surface area contributed by atoms with Crippen LogP contribution in [0, 0.1) is 21.7 Å². The summed E-state index contributed by atoms with van der Waals surface area (Å²) < 4.78 is 31.2. The van der Waals surface area contributed by atoms with Crippen molar-refractivity contribution in [1.82, 2.24) is 0 Å². The number of aldehydes is 1. The molecule has 0 radical (unpaired) electrons. The summed E-state index contributed by atoms with van der Waals surface area (Å²) in [7, 11) is 0. The molecule has 5 nitrogen and oxygen atoms in total. The monoisotopic (exact) mass is 279 g/mol. The molecule has 0 aromatic heterocycles. The van der Waals surface area contributed by atoms with Gasteiger partial charge in [0.25, 0.3) is 5.69 Å². The Morgan fingerprint density at radius 3 is 2.50 bits per heavy atom. The average molecular weight is 279 g/mol. The van der Waals surface area contributed by atoms with Crippen LogP contribution in [-0.2, 0) is 0 Å². The number of nitrogens with zero attached hydrogens (tertiary/aromatic N) is 1. The van der Waals surface area contributed by atoms with E-state index in [1.165, 1.54) is 6.07 Å². The van der Waals surface area contributed by atoms with E-state index in [1.807, 2.05) is 0 Å². The summed E-state index contributed by atoms with van der Waals surface area (Å²) in [5.41, 5.74) is -0.582. The number of ether oxygens (including phenoxy) is 1. The Bertz CT molecular complexity index is 688. The van der Waals surface area contributed by atoms with Crippen LogP contribution in [0.25, 0.3) is 0 Å². The largest absolute Gasteiger partial charge is 0.454 e. The van der Waals surface area contributed by atoms with Gasteiger partial charge in [-0.05, 0) is 24.3 Å². The Morgan fingerprint density at radius 1 is 1.15 bits per heavy atom. The van der Waals surface area contributed by atoms with E-state index in [0.717, 1.165) is 24.3 Å². The lowest BCUT2D eigenvalue weighted by Crippen LogP contribution is -1.96. The number of halogens is 2. The Kier molecular flexibility index (Phi) is 3.69. The summed E-state index contributed by atoms with van der Waals surface area (Å²) in [6, 6.07) is 6.11. The van der Waals surface area contributed by atoms with Crippen LogP contribution in [0.15, 0.2) is 36.4 Å². The molecular formula is C13H7F2NO4. The fourth-order valence-electron chi connectivity index (χ4n) is 1.54. The van der Waals surface area contributed by atoms with Crippen molar-refractivity contribution in [2.24, 2.45) is 0 Å². The third-order valence-corrected chi connectivity index (χ3v) is 2.44. The fraction of sp³-hybridized carbons (Fsp3) is 0. The van der Waals surface area contributed by atoms with Gasteiger partial charge in [0.15, 0.2) is 17.9 Å². The Morgan fingerprint density at radius 2 is 1.90 bits per heavy atom. The van der Waals surface area contributed by atoms with E-state index in [-0.39, 0.29) is 22.7 Å². The van der Waals surface area contributed by atoms with E-state index in [1.54, 1.807) is 0 Å². The van der Waals surface area contributed by atoms with Gasteiger partial charge in [0.05, 0.1) is 10.5 Å². The highest BCUT2D eigenvalue weighted by atomic mass is 19.1. The second-order valence-corrected chi connectivity index (χ2v) is 3.77. The minimum atomic E-state index is -0.920. The zero-order valence-corrected chi connectivity index (χ0v) is 9.88. The van der Waals surface area contributed by atoms with Gasteiger partial charge in [0, 0.05) is 12.1 Å². The van der Waals surface area contributed by atoms with E-state index in [4.69, 9.17) is 4.74 Å². The first-order chi connectivity index (χ1) is 9.51. The Balaban J connectivity index is 2.34. The molecule has 0 amide bonds. The average Bonchev–Trinajstić information content (AvgIpc) is 2.41. The fourth-order valence-corrected chi connectivity index (χ4v) is 1.54. The van der Waals surface area contributed by atoms with E-state index in [9.17, 15) is 23.7 Å². The number of hydrogen-bond acceptors (Lipinski definition) is 4. The minimum Gasteiger partial charge on any atom is -0.454 e. The van der Waals surface area contributed by atoms with Crippen LogP contribution in [0.3, 0.4) is 0 Å². The highest BCUT2D eigenvalue weighted by Crippen LogP contribution is 2.28. The van der Waals surface area contributed by atoms with Crippen molar-refractivity contribution in [2.75, 3.05) is 0 Å². The van der Waals surface area contributed by atoms with Gasteiger partial charge in [-0.3, -0.25) is 14.9 Å². The van der Waals surface area contributed by atoms with Gasteiger partial charge >= 0.3 is 0 Å². The second-order valence-electron chi connectivity index (χ2n) is 3.77. The first-order valence-corrected chi connectivity index (χ1v) is 5.38. The maximum atomic E-state index is 13.4. The third-order valence-electron chi connectivity index (χ3n) is 2.44. The smallest absolute Gasteiger partial charge is 0.280 e. The molecule has 0 saturated carbocycles. The van der Waals surface area contributed by atoms with Crippen molar-refractivity contribution in [3.05, 3.63) is 63.7 Å². The number of carbonyl (C=O) groups excluding carboxylic acids is 1. The summed E-state index contributed by atoms with van der Waals surface area (Å²) in [5.74, 6) is -1.90. The zero-order chi connectivity index (χ0) is 14.7. The molecule has 0 saturated heterocycles. The molecule has 0 unspecified atom stereocenters. The van der Waals surface area contributed by atoms with Crippen molar-refractivity contribution < 1.29 is 23.2 Å². The summed E-state index contributed by atoms with van der Waals surface area (Å²) in [6.07, 6.45) is 0.298. The van der Waals surface area contributed by atoms with Crippen LogP contribution in [0.5, 0.6) is 11.5 Å². The summed E-state index contributed by atoms with van der Waals surface area (Å²) in [4.78, 5) is 20.7. The van der Waals surface area contributed by atoms with Gasteiger partial charge in [0.1, 0.15) is 11.6 Å². The number of nitro benzene ring substituents is 1. The number of nitro groups is 1. The molecule has 102 valence electrons. The Hall–Kier alpha value is -2.83. The van der Waals surface area contributed by atoms with Crippen molar-refractivity contribution >= 4 is 12.0 Å². The predicted octanol–water partition coefficient (Wildman–Crippen LogP) is 3.48. The molecule has 2 aromatic rings. The lowest BCUT2D eigenvalue weighted by atomic mass is 10.2. The molecular weight excluding hydrogens is 272 g/mol. The summed E-state index contributed by atoms with van der Waals surface area (Å²) in [5, 5.41) is 10.6. The van der Waals surface area contributed by atoms with Gasteiger partial charge in [0.2, 0.25) is 0 Å². The second kappa shape index (κ2) is 5.43. The van der Waals surface area contributed by atoms with Crippen LogP contribution in [-0.4, -0.2) is 11.2 Å². The normalized spacial score (nSPS) is 10.1. The van der Waals surface area contributed by atoms with Crippen LogP contribution in [0.4, 0.5) is 14.5 Å². The number of hydrogen-bond donors (Lipinski definition) is 0. The SMILES string of the molecule is O=Cc1cc(Oc2ccc(F)cc2F)ccc1[N+](=O)[O-]. The first kappa shape index (κ1) is 13.6. The lowest BCUT2D eigenvalue weighted by molar-refractivity contribution is -0.385. The maximum absolute atomic E-state index is 13.4. The molecule has 0 aliphatic heterocycles. The van der Waals surface area contributed by atoms with Gasteiger partial charge < -0.3 is 4.74 Å². The van der Waals surface area contributed by atoms with Crippen LogP contribution in [0.2, 0.25) is 0 Å². The molecule has 0 aliphatic rings. The Labute approximate surface area is 111 Å². The van der Waals surface area contributed by atoms with Crippen molar-refractivity contribution in [3.8, 4) is 11.5 Å². The lowest BCUT2D eigenvalue weighted by Gasteiger charge is -2.07. The van der Waals surface area contributed by atoms with Gasteiger partial charge in [-0.15, -0.1) is 0 Å². The number of benzene rings is 2. The maximum Gasteiger partial charge on any atom is 0.280 e. The number of carbonyl (C=O) groups is 1. The molecule has 0 atom stereocenters. The van der Waals surface area contributed by atoms with Crippen molar-refractivity contribution in [2.45, 2.75) is 0 Å². The molecule has 2 rings (SSSR count). The topological polar surface area (TPSA) is 69.4 Å². The molecule has 0 aliphatic carbocycles. The van der Waals surface area contributed by atoms with Crippen LogP contribution >= 0.6 is 0 Å². The molecule has 0 bridgehead atoms. The summed E-state index contributed by atoms with van der Waals surface area (Å²) >= 11 is 0. The van der Waals surface area contributed by atoms with E-state index < -0.39 is 16.6 Å². The van der Waals surface area contributed by atoms with Gasteiger partial charge in [-0.2, -0.15) is 0 Å².